The number of hydrogen-bond acceptors (Lipinski definition) is 6. The fraction of sp³-hybridized carbons (Fsp3) is 0.500. The van der Waals surface area contributed by atoms with Gasteiger partial charge in [-0.15, -0.1) is 0 Å². The standard InChI is InChI=1S/C4H6O6.K.Na/c5-1(3(7)8)2(6)4(9)10;;/h1-2,5-6H,(H,7,8)(H,9,10);;/q;2*+1/p-2/t1-,2-;;/m0../s1. The summed E-state index contributed by atoms with van der Waals surface area (Å²) in [6.07, 6.45) is -4.88. The van der Waals surface area contributed by atoms with Crippen molar-refractivity contribution in [1.82, 2.24) is 0 Å². The summed E-state index contributed by atoms with van der Waals surface area (Å²) in [5.74, 6) is -4.12. The first-order chi connectivity index (χ1) is 4.46. The van der Waals surface area contributed by atoms with E-state index in [4.69, 9.17) is 10.2 Å². The van der Waals surface area contributed by atoms with E-state index >= 15 is 0 Å². The van der Waals surface area contributed by atoms with Crippen LogP contribution in [0.4, 0.5) is 0 Å². The van der Waals surface area contributed by atoms with Crippen LogP contribution < -0.4 is 91.2 Å². The molecule has 0 rings (SSSR count). The summed E-state index contributed by atoms with van der Waals surface area (Å²) >= 11 is 0. The van der Waals surface area contributed by atoms with E-state index in [-0.39, 0.29) is 80.9 Å². The topological polar surface area (TPSA) is 121 Å². The van der Waals surface area contributed by atoms with Gasteiger partial charge < -0.3 is 30.0 Å². The molecule has 12 heavy (non-hydrogen) atoms. The maximum absolute atomic E-state index is 9.63. The van der Waals surface area contributed by atoms with Gasteiger partial charge in [0, 0.05) is 0 Å². The molecule has 0 saturated heterocycles. The predicted octanol–water partition coefficient (Wildman–Crippen LogP) is -10.8. The van der Waals surface area contributed by atoms with Gasteiger partial charge in [-0.25, -0.2) is 0 Å². The van der Waals surface area contributed by atoms with Crippen molar-refractivity contribution in [1.29, 1.82) is 0 Å². The van der Waals surface area contributed by atoms with Crippen molar-refractivity contribution in [3.63, 3.8) is 0 Å². The van der Waals surface area contributed by atoms with E-state index in [1.54, 1.807) is 0 Å². The van der Waals surface area contributed by atoms with E-state index in [0.717, 1.165) is 0 Å². The monoisotopic (exact) mass is 210 g/mol. The van der Waals surface area contributed by atoms with Gasteiger partial charge in [-0.1, -0.05) is 0 Å². The van der Waals surface area contributed by atoms with Gasteiger partial charge >= 0.3 is 80.9 Å². The van der Waals surface area contributed by atoms with Crippen LogP contribution in [0.5, 0.6) is 0 Å². The summed E-state index contributed by atoms with van der Waals surface area (Å²) < 4.78 is 0. The maximum atomic E-state index is 9.63. The van der Waals surface area contributed by atoms with Crippen molar-refractivity contribution in [2.45, 2.75) is 12.2 Å². The minimum atomic E-state index is -2.44. The van der Waals surface area contributed by atoms with E-state index in [0.29, 0.717) is 0 Å². The van der Waals surface area contributed by atoms with Crippen LogP contribution in [-0.2, 0) is 9.59 Å². The van der Waals surface area contributed by atoms with E-state index in [1.807, 2.05) is 0 Å². The van der Waals surface area contributed by atoms with Crippen molar-refractivity contribution in [2.24, 2.45) is 0 Å². The molecule has 0 saturated carbocycles. The molecule has 8 heteroatoms. The Labute approximate surface area is 133 Å². The smallest absolute Gasteiger partial charge is 0.547 e. The summed E-state index contributed by atoms with van der Waals surface area (Å²) in [5, 5.41) is 35.7. The molecule has 0 radical (unpaired) electrons. The first-order valence-corrected chi connectivity index (χ1v) is 2.24. The molecule has 2 N–H and O–H groups in total. The summed E-state index contributed by atoms with van der Waals surface area (Å²) in [4.78, 5) is 19.3. The zero-order valence-corrected chi connectivity index (χ0v) is 11.8. The molecular weight excluding hydrogens is 206 g/mol. The zero-order valence-electron chi connectivity index (χ0n) is 6.68. The fourth-order valence-electron chi connectivity index (χ4n) is 0.258. The molecule has 6 nitrogen and oxygen atoms in total. The molecule has 0 bridgehead atoms. The van der Waals surface area contributed by atoms with E-state index < -0.39 is 24.1 Å². The fourth-order valence-corrected chi connectivity index (χ4v) is 0.258. The molecule has 2 atom stereocenters. The first kappa shape index (κ1) is 19.1. The summed E-state index contributed by atoms with van der Waals surface area (Å²) in [7, 11) is 0. The van der Waals surface area contributed by atoms with E-state index in [2.05, 4.69) is 0 Å². The second kappa shape index (κ2) is 9.07. The first-order valence-electron chi connectivity index (χ1n) is 2.24. The Kier molecular flexibility index (Phi) is 14.5. The average Bonchev–Trinajstić information content (AvgIpc) is 1.84. The predicted molar refractivity (Wildman–Crippen MR) is 22.0 cm³/mol. The van der Waals surface area contributed by atoms with Crippen LogP contribution in [0.1, 0.15) is 0 Å². The van der Waals surface area contributed by atoms with Crippen LogP contribution in [0, 0.1) is 0 Å². The summed E-state index contributed by atoms with van der Waals surface area (Å²) in [6, 6.07) is 0. The van der Waals surface area contributed by atoms with Gasteiger partial charge in [-0.3, -0.25) is 0 Å². The molecule has 0 amide bonds. The Hall–Kier alpha value is 1.50. The van der Waals surface area contributed by atoms with Gasteiger partial charge in [0.15, 0.2) is 0 Å². The minimum Gasteiger partial charge on any atom is -0.547 e. The number of rotatable bonds is 3. The van der Waals surface area contributed by atoms with Crippen LogP contribution >= 0.6 is 0 Å². The minimum absolute atomic E-state index is 0. The molecule has 0 aromatic rings. The van der Waals surface area contributed by atoms with Crippen molar-refractivity contribution in [3.8, 4) is 0 Å². The van der Waals surface area contributed by atoms with Gasteiger partial charge in [0.2, 0.25) is 0 Å². The second-order valence-electron chi connectivity index (χ2n) is 1.53. The molecule has 0 unspecified atom stereocenters. The summed E-state index contributed by atoms with van der Waals surface area (Å²) in [6.45, 7) is 0. The van der Waals surface area contributed by atoms with Crippen LogP contribution in [0.2, 0.25) is 0 Å². The zero-order chi connectivity index (χ0) is 8.31. The van der Waals surface area contributed by atoms with Crippen molar-refractivity contribution in [3.05, 3.63) is 0 Å². The van der Waals surface area contributed by atoms with Crippen LogP contribution in [0.3, 0.4) is 0 Å². The van der Waals surface area contributed by atoms with Crippen molar-refractivity contribution < 1.29 is 111 Å². The number of carbonyl (C=O) groups is 2. The normalized spacial score (nSPS) is 13.2. The Bertz CT molecular complexity index is 144. The molecule has 0 aliphatic carbocycles. The van der Waals surface area contributed by atoms with E-state index in [1.165, 1.54) is 0 Å². The second-order valence-corrected chi connectivity index (χ2v) is 1.53. The number of carbonyl (C=O) groups excluding carboxylic acids is 2. The van der Waals surface area contributed by atoms with Gasteiger partial charge in [0.25, 0.3) is 0 Å². The largest absolute Gasteiger partial charge is 1.00 e. The maximum Gasteiger partial charge on any atom is 1.00 e. The van der Waals surface area contributed by atoms with Crippen LogP contribution in [0.25, 0.3) is 0 Å². The quantitative estimate of drug-likeness (QED) is 0.446. The number of aliphatic carboxylic acids is 2. The van der Waals surface area contributed by atoms with Crippen LogP contribution in [-0.4, -0.2) is 34.4 Å². The third kappa shape index (κ3) is 6.95. The molecule has 0 fully saturated rings. The molecule has 0 aliphatic rings. The molecule has 0 heterocycles. The molecule has 0 aromatic carbocycles. The SMILES string of the molecule is O=C([O-])[C@@H](O)[C@H](O)C(=O)[O-].[K+].[Na+]. The molecule has 0 aliphatic heterocycles. The third-order valence-electron chi connectivity index (χ3n) is 0.782. The Morgan fingerprint density at radius 3 is 1.25 bits per heavy atom. The van der Waals surface area contributed by atoms with Gasteiger partial charge in [0.05, 0.1) is 11.9 Å². The average molecular weight is 210 g/mol. The van der Waals surface area contributed by atoms with E-state index in [9.17, 15) is 19.8 Å². The number of aliphatic hydroxyl groups excluding tert-OH is 2. The van der Waals surface area contributed by atoms with Gasteiger partial charge in [-0.05, 0) is 0 Å². The third-order valence-corrected chi connectivity index (χ3v) is 0.782. The Morgan fingerprint density at radius 1 is 1.00 bits per heavy atom. The number of hydrogen-bond donors (Lipinski definition) is 2. The van der Waals surface area contributed by atoms with Gasteiger partial charge in [0.1, 0.15) is 12.2 Å². The molecular formula is C4H4KNaO6. The number of aliphatic hydroxyl groups is 2. The van der Waals surface area contributed by atoms with Crippen LogP contribution in [0.15, 0.2) is 0 Å². The van der Waals surface area contributed by atoms with Gasteiger partial charge in [-0.2, -0.15) is 0 Å². The molecule has 58 valence electrons. The Morgan fingerprint density at radius 2 is 1.17 bits per heavy atom. The Balaban J connectivity index is -0.000000405. The number of carboxylic acid groups (broad SMARTS) is 2. The van der Waals surface area contributed by atoms with Crippen molar-refractivity contribution in [2.75, 3.05) is 0 Å². The summed E-state index contributed by atoms with van der Waals surface area (Å²) in [5.41, 5.74) is 0. The molecule has 0 aromatic heterocycles. The van der Waals surface area contributed by atoms with Crippen molar-refractivity contribution >= 4 is 11.9 Å². The number of carboxylic acids is 2. The molecule has 0 spiro atoms.